The molecule has 33 heavy (non-hydrogen) atoms. The van der Waals surface area contributed by atoms with Gasteiger partial charge >= 0.3 is 0 Å². The summed E-state index contributed by atoms with van der Waals surface area (Å²) >= 11 is 0. The molecule has 3 rings (SSSR count). The molecule has 180 valence electrons. The number of hydrogen-bond donors (Lipinski definition) is 2. The van der Waals surface area contributed by atoms with Crippen molar-refractivity contribution < 1.29 is 9.66 Å². The molecule has 8 nitrogen and oxygen atoms in total. The first-order chi connectivity index (χ1) is 15.7. The third-order valence-corrected chi connectivity index (χ3v) is 5.45. The molecule has 2 N–H and O–H groups in total. The first-order valence-corrected chi connectivity index (χ1v) is 11.3. The predicted molar refractivity (Wildman–Crippen MR) is 142 cm³/mol. The fourth-order valence-corrected chi connectivity index (χ4v) is 3.51. The second-order valence-electron chi connectivity index (χ2n) is 7.88. The number of aliphatic imine (C=N–C) groups is 1. The number of ether oxygens (including phenoxy) is 1. The highest BCUT2D eigenvalue weighted by atomic mass is 127. The maximum Gasteiger partial charge on any atom is 0.269 e. The van der Waals surface area contributed by atoms with Crippen LogP contribution in [-0.4, -0.2) is 48.6 Å². The summed E-state index contributed by atoms with van der Waals surface area (Å²) in [7, 11) is 0. The first kappa shape index (κ1) is 27.0. The van der Waals surface area contributed by atoms with E-state index in [4.69, 9.17) is 9.73 Å². The minimum absolute atomic E-state index is 0. The molecule has 1 fully saturated rings. The molecular weight excluding hydrogens is 533 g/mol. The smallest absolute Gasteiger partial charge is 0.269 e. The Balaban J connectivity index is 0.00000385. The number of morpholine rings is 1. The van der Waals surface area contributed by atoms with E-state index in [0.29, 0.717) is 13.1 Å². The van der Waals surface area contributed by atoms with E-state index in [-0.39, 0.29) is 34.6 Å². The Morgan fingerprint density at radius 3 is 2.45 bits per heavy atom. The van der Waals surface area contributed by atoms with E-state index in [2.05, 4.69) is 46.7 Å². The number of unbranched alkanes of at least 4 members (excludes halogenated alkanes) is 1. The number of non-ortho nitro benzene ring substituents is 1. The van der Waals surface area contributed by atoms with E-state index in [0.717, 1.165) is 63.8 Å². The van der Waals surface area contributed by atoms with Crippen molar-refractivity contribution in [3.05, 3.63) is 75.3 Å². The van der Waals surface area contributed by atoms with E-state index in [1.807, 2.05) is 0 Å². The van der Waals surface area contributed by atoms with Crippen LogP contribution in [0.5, 0.6) is 0 Å². The normalized spacial score (nSPS) is 14.4. The molecular formula is C24H34IN5O3. The van der Waals surface area contributed by atoms with Gasteiger partial charge in [-0.25, -0.2) is 4.99 Å². The van der Waals surface area contributed by atoms with E-state index < -0.39 is 0 Å². The van der Waals surface area contributed by atoms with Crippen molar-refractivity contribution in [1.82, 2.24) is 15.5 Å². The second kappa shape index (κ2) is 14.8. The first-order valence-electron chi connectivity index (χ1n) is 11.3. The number of nitro groups is 1. The third-order valence-electron chi connectivity index (χ3n) is 5.45. The third kappa shape index (κ3) is 9.26. The zero-order valence-electron chi connectivity index (χ0n) is 19.2. The monoisotopic (exact) mass is 567 g/mol. The van der Waals surface area contributed by atoms with Crippen molar-refractivity contribution in [2.45, 2.75) is 39.4 Å². The fourth-order valence-electron chi connectivity index (χ4n) is 3.51. The molecule has 1 aliphatic rings. The van der Waals surface area contributed by atoms with Crippen LogP contribution in [0.4, 0.5) is 5.69 Å². The minimum Gasteiger partial charge on any atom is -0.379 e. The second-order valence-corrected chi connectivity index (χ2v) is 7.88. The molecule has 0 bridgehead atoms. The molecule has 2 aromatic carbocycles. The minimum atomic E-state index is -0.388. The van der Waals surface area contributed by atoms with Gasteiger partial charge in [-0.15, -0.1) is 24.0 Å². The van der Waals surface area contributed by atoms with Crippen LogP contribution < -0.4 is 10.6 Å². The number of guanidine groups is 1. The van der Waals surface area contributed by atoms with Gasteiger partial charge in [0.25, 0.3) is 5.69 Å². The lowest BCUT2D eigenvalue weighted by molar-refractivity contribution is -0.384. The molecule has 9 heteroatoms. The lowest BCUT2D eigenvalue weighted by atomic mass is 10.1. The topological polar surface area (TPSA) is 92.0 Å². The van der Waals surface area contributed by atoms with Crippen molar-refractivity contribution in [3.63, 3.8) is 0 Å². The Hall–Kier alpha value is -2.24. The number of benzene rings is 2. The van der Waals surface area contributed by atoms with Gasteiger partial charge in [-0.2, -0.15) is 0 Å². The molecule has 0 aromatic heterocycles. The summed E-state index contributed by atoms with van der Waals surface area (Å²) in [4.78, 5) is 17.6. The van der Waals surface area contributed by atoms with Crippen molar-refractivity contribution in [1.29, 1.82) is 0 Å². The lowest BCUT2D eigenvalue weighted by Crippen LogP contribution is -2.38. The molecule has 1 saturated heterocycles. The number of nitro benzene ring substituents is 1. The van der Waals surface area contributed by atoms with Crippen LogP contribution in [0.25, 0.3) is 0 Å². The molecule has 0 unspecified atom stereocenters. The van der Waals surface area contributed by atoms with Crippen molar-refractivity contribution in [2.75, 3.05) is 32.8 Å². The Morgan fingerprint density at radius 1 is 1.09 bits per heavy atom. The molecule has 1 aliphatic heterocycles. The van der Waals surface area contributed by atoms with Crippen molar-refractivity contribution >= 4 is 35.6 Å². The summed E-state index contributed by atoms with van der Waals surface area (Å²) in [6.07, 6.45) is 2.16. The van der Waals surface area contributed by atoms with Gasteiger partial charge in [-0.1, -0.05) is 49.7 Å². The van der Waals surface area contributed by atoms with E-state index in [9.17, 15) is 10.1 Å². The highest BCUT2D eigenvalue weighted by Gasteiger charge is 2.13. The quantitative estimate of drug-likeness (QED) is 0.112. The molecule has 0 spiro atoms. The van der Waals surface area contributed by atoms with E-state index >= 15 is 0 Å². The summed E-state index contributed by atoms with van der Waals surface area (Å²) in [5.41, 5.74) is 3.58. The van der Waals surface area contributed by atoms with Crippen LogP contribution in [0.1, 0.15) is 36.5 Å². The summed E-state index contributed by atoms with van der Waals surface area (Å²) in [5, 5.41) is 17.7. The van der Waals surface area contributed by atoms with Crippen LogP contribution in [0.3, 0.4) is 0 Å². The Bertz CT molecular complexity index is 886. The van der Waals surface area contributed by atoms with Crippen LogP contribution in [0, 0.1) is 10.1 Å². The molecule has 0 saturated carbocycles. The number of rotatable bonds is 10. The maximum atomic E-state index is 10.8. The van der Waals surface area contributed by atoms with Gasteiger partial charge in [0.2, 0.25) is 0 Å². The van der Waals surface area contributed by atoms with Gasteiger partial charge in [-0.3, -0.25) is 15.0 Å². The highest BCUT2D eigenvalue weighted by molar-refractivity contribution is 14.0. The standard InChI is InChI=1S/C24H33N5O3.HI/c1-2-3-12-25-24(26-17-20-8-10-23(11-9-20)29(30)31)27-18-21-6-4-5-7-22(21)19-28-13-15-32-16-14-28;/h4-11H,2-3,12-19H2,1H3,(H2,25,26,27);1H. The van der Waals surface area contributed by atoms with Crippen LogP contribution in [-0.2, 0) is 24.4 Å². The Kier molecular flexibility index (Phi) is 12.1. The summed E-state index contributed by atoms with van der Waals surface area (Å²) in [5.74, 6) is 0.748. The molecule has 1 heterocycles. The summed E-state index contributed by atoms with van der Waals surface area (Å²) in [6, 6.07) is 15.0. The summed E-state index contributed by atoms with van der Waals surface area (Å²) in [6.45, 7) is 8.56. The highest BCUT2D eigenvalue weighted by Crippen LogP contribution is 2.14. The largest absolute Gasteiger partial charge is 0.379 e. The summed E-state index contributed by atoms with van der Waals surface area (Å²) < 4.78 is 5.46. The zero-order chi connectivity index (χ0) is 22.6. The average molecular weight is 567 g/mol. The number of nitrogens with zero attached hydrogens (tertiary/aromatic N) is 3. The molecule has 0 aliphatic carbocycles. The zero-order valence-corrected chi connectivity index (χ0v) is 21.5. The number of hydrogen-bond acceptors (Lipinski definition) is 5. The van der Waals surface area contributed by atoms with Gasteiger partial charge in [-0.05, 0) is 23.1 Å². The lowest BCUT2D eigenvalue weighted by Gasteiger charge is -2.27. The molecule has 0 radical (unpaired) electrons. The molecule has 0 atom stereocenters. The van der Waals surface area contributed by atoms with Gasteiger partial charge in [0.15, 0.2) is 5.96 Å². The van der Waals surface area contributed by atoms with E-state index in [1.165, 1.54) is 23.3 Å². The van der Waals surface area contributed by atoms with E-state index in [1.54, 1.807) is 12.1 Å². The van der Waals surface area contributed by atoms with Gasteiger partial charge < -0.3 is 15.4 Å². The van der Waals surface area contributed by atoms with Gasteiger partial charge in [0.05, 0.1) is 24.7 Å². The molecule has 0 amide bonds. The van der Waals surface area contributed by atoms with Crippen molar-refractivity contribution in [2.24, 2.45) is 4.99 Å². The fraction of sp³-hybridized carbons (Fsp3) is 0.458. The number of nitrogens with one attached hydrogen (secondary N) is 2. The van der Waals surface area contributed by atoms with Crippen LogP contribution in [0.2, 0.25) is 0 Å². The van der Waals surface area contributed by atoms with Gasteiger partial charge in [0.1, 0.15) is 0 Å². The predicted octanol–water partition coefficient (Wildman–Crippen LogP) is 4.08. The van der Waals surface area contributed by atoms with Crippen LogP contribution >= 0.6 is 24.0 Å². The Morgan fingerprint density at radius 2 is 1.79 bits per heavy atom. The number of halogens is 1. The Labute approximate surface area is 213 Å². The molecule has 2 aromatic rings. The maximum absolute atomic E-state index is 10.8. The van der Waals surface area contributed by atoms with Crippen LogP contribution in [0.15, 0.2) is 53.5 Å². The SMILES string of the molecule is CCCCNC(=NCc1ccc([N+](=O)[O-])cc1)NCc1ccccc1CN1CCOCC1.I. The average Bonchev–Trinajstić information content (AvgIpc) is 2.82. The van der Waals surface area contributed by atoms with Crippen molar-refractivity contribution in [3.8, 4) is 0 Å². The van der Waals surface area contributed by atoms with Gasteiger partial charge in [0, 0.05) is 44.9 Å².